The van der Waals surface area contributed by atoms with Gasteiger partial charge in [-0.15, -0.1) is 5.10 Å². The molecule has 2 aliphatic heterocycles. The zero-order valence-corrected chi connectivity index (χ0v) is 19.0. The number of nitrogens with one attached hydrogen (secondary N) is 1. The van der Waals surface area contributed by atoms with Gasteiger partial charge >= 0.3 is 6.18 Å². The first kappa shape index (κ1) is 22.8. The van der Waals surface area contributed by atoms with E-state index >= 15 is 4.39 Å². The normalized spacial score (nSPS) is 18.6. The predicted octanol–water partition coefficient (Wildman–Crippen LogP) is 5.30. The molecule has 0 radical (unpaired) electrons. The summed E-state index contributed by atoms with van der Waals surface area (Å²) in [6, 6.07) is 5.47. The molecule has 0 unspecified atom stereocenters. The van der Waals surface area contributed by atoms with Gasteiger partial charge in [0.25, 0.3) is 0 Å². The van der Waals surface area contributed by atoms with Gasteiger partial charge in [0.1, 0.15) is 11.6 Å². The second-order valence-electron chi connectivity index (χ2n) is 9.35. The Morgan fingerprint density at radius 2 is 1.82 bits per heavy atom. The van der Waals surface area contributed by atoms with E-state index in [1.807, 2.05) is 7.05 Å². The standard InChI is InChI=1S/C24H24F5N5/c1-13(15-5-4-6-18(21(15)26)24(27,28)29)30-22-17-10-20(19(25)9-16(17)14(2)31-32-22)34-8-7-23(34)11-33(3)12-23/h4-6,9-10,13H,7-8,11-12H2,1-3H3,(H,30,32)/t13-/m1/s1. The third-order valence-corrected chi connectivity index (χ3v) is 6.98. The zero-order valence-electron chi connectivity index (χ0n) is 19.0. The van der Waals surface area contributed by atoms with Crippen LogP contribution in [0.15, 0.2) is 30.3 Å². The molecule has 0 bridgehead atoms. The molecule has 2 saturated heterocycles. The van der Waals surface area contributed by atoms with Crippen LogP contribution in [0.5, 0.6) is 0 Å². The van der Waals surface area contributed by atoms with E-state index in [4.69, 9.17) is 0 Å². The molecule has 180 valence electrons. The summed E-state index contributed by atoms with van der Waals surface area (Å²) in [6.07, 6.45) is -3.81. The van der Waals surface area contributed by atoms with Gasteiger partial charge in [0, 0.05) is 36.0 Å². The average molecular weight is 477 g/mol. The van der Waals surface area contributed by atoms with Gasteiger partial charge in [0.2, 0.25) is 0 Å². The molecule has 34 heavy (non-hydrogen) atoms. The Balaban J connectivity index is 1.53. The Kier molecular flexibility index (Phi) is 5.20. The van der Waals surface area contributed by atoms with Crippen molar-refractivity contribution >= 4 is 22.3 Å². The van der Waals surface area contributed by atoms with Crippen molar-refractivity contribution in [2.45, 2.75) is 38.0 Å². The number of benzene rings is 2. The first-order valence-electron chi connectivity index (χ1n) is 11.0. The van der Waals surface area contributed by atoms with Crippen molar-refractivity contribution in [2.75, 3.05) is 36.9 Å². The molecule has 1 spiro atoms. The number of aromatic nitrogens is 2. The lowest BCUT2D eigenvalue weighted by Gasteiger charge is -2.63. The van der Waals surface area contributed by atoms with Crippen molar-refractivity contribution in [1.82, 2.24) is 15.1 Å². The summed E-state index contributed by atoms with van der Waals surface area (Å²) in [5, 5.41) is 12.4. The number of hydrogen-bond donors (Lipinski definition) is 1. The van der Waals surface area contributed by atoms with Crippen LogP contribution >= 0.6 is 0 Å². The number of rotatable bonds is 4. The van der Waals surface area contributed by atoms with E-state index in [1.54, 1.807) is 19.9 Å². The van der Waals surface area contributed by atoms with E-state index in [9.17, 15) is 17.6 Å². The van der Waals surface area contributed by atoms with Crippen LogP contribution in [0, 0.1) is 18.6 Å². The first-order chi connectivity index (χ1) is 16.0. The number of alkyl halides is 3. The van der Waals surface area contributed by atoms with E-state index in [2.05, 4.69) is 25.3 Å². The highest BCUT2D eigenvalue weighted by Gasteiger charge is 2.52. The van der Waals surface area contributed by atoms with Crippen LogP contribution in [0.3, 0.4) is 0 Å². The van der Waals surface area contributed by atoms with Gasteiger partial charge in [-0.25, -0.2) is 8.78 Å². The summed E-state index contributed by atoms with van der Waals surface area (Å²) in [5.74, 6) is -1.44. The number of likely N-dealkylation sites (tertiary alicyclic amines) is 1. The number of nitrogens with zero attached hydrogens (tertiary/aromatic N) is 4. The molecule has 0 amide bonds. The third kappa shape index (κ3) is 3.55. The van der Waals surface area contributed by atoms with Crippen LogP contribution in [-0.4, -0.2) is 47.3 Å². The zero-order chi connectivity index (χ0) is 24.4. The Labute approximate surface area is 193 Å². The molecule has 0 aliphatic carbocycles. The third-order valence-electron chi connectivity index (χ3n) is 6.98. The summed E-state index contributed by atoms with van der Waals surface area (Å²) < 4.78 is 69.3. The van der Waals surface area contributed by atoms with Gasteiger partial charge in [-0.05, 0) is 45.5 Å². The number of halogens is 5. The molecule has 2 aliphatic rings. The molecule has 1 atom stereocenters. The lowest BCUT2D eigenvalue weighted by Crippen LogP contribution is -2.76. The molecular formula is C24H24F5N5. The lowest BCUT2D eigenvalue weighted by atomic mass is 9.77. The Morgan fingerprint density at radius 3 is 2.44 bits per heavy atom. The summed E-state index contributed by atoms with van der Waals surface area (Å²) in [4.78, 5) is 4.25. The molecule has 3 aromatic rings. The van der Waals surface area contributed by atoms with Gasteiger partial charge in [0.05, 0.1) is 28.5 Å². The monoisotopic (exact) mass is 477 g/mol. The van der Waals surface area contributed by atoms with E-state index in [0.29, 0.717) is 28.2 Å². The summed E-state index contributed by atoms with van der Waals surface area (Å²) in [5.41, 5.74) is -0.560. The van der Waals surface area contributed by atoms with Crippen LogP contribution in [0.1, 0.15) is 36.2 Å². The van der Waals surface area contributed by atoms with Crippen LogP contribution in [0.25, 0.3) is 10.8 Å². The van der Waals surface area contributed by atoms with Gasteiger partial charge in [0.15, 0.2) is 5.82 Å². The molecule has 5 rings (SSSR count). The largest absolute Gasteiger partial charge is 0.419 e. The fourth-order valence-electron chi connectivity index (χ4n) is 5.19. The highest BCUT2D eigenvalue weighted by molar-refractivity contribution is 5.96. The molecule has 1 aromatic heterocycles. The van der Waals surface area contributed by atoms with Crippen molar-refractivity contribution in [3.63, 3.8) is 0 Å². The Hall–Kier alpha value is -3.01. The van der Waals surface area contributed by atoms with Crippen molar-refractivity contribution in [3.05, 3.63) is 58.8 Å². The Morgan fingerprint density at radius 1 is 1.09 bits per heavy atom. The minimum atomic E-state index is -4.80. The van der Waals surface area contributed by atoms with Crippen LogP contribution in [0.4, 0.5) is 33.5 Å². The number of aryl methyl sites for hydroxylation is 1. The van der Waals surface area contributed by atoms with Crippen molar-refractivity contribution in [3.8, 4) is 0 Å². The maximum absolute atomic E-state index is 15.2. The van der Waals surface area contributed by atoms with Crippen LogP contribution < -0.4 is 10.2 Å². The molecule has 3 heterocycles. The molecular weight excluding hydrogens is 453 g/mol. The lowest BCUT2D eigenvalue weighted by molar-refractivity contribution is -0.140. The van der Waals surface area contributed by atoms with Gasteiger partial charge in [-0.2, -0.15) is 18.3 Å². The van der Waals surface area contributed by atoms with E-state index in [-0.39, 0.29) is 22.7 Å². The summed E-state index contributed by atoms with van der Waals surface area (Å²) in [7, 11) is 2.02. The number of likely N-dealkylation sites (N-methyl/N-ethyl adjacent to an activating group) is 1. The highest BCUT2D eigenvalue weighted by Crippen LogP contribution is 2.44. The molecule has 10 heteroatoms. The smallest absolute Gasteiger partial charge is 0.361 e. The van der Waals surface area contributed by atoms with E-state index in [1.165, 1.54) is 18.2 Å². The molecule has 2 aromatic carbocycles. The molecule has 2 fully saturated rings. The van der Waals surface area contributed by atoms with Crippen molar-refractivity contribution in [1.29, 1.82) is 0 Å². The van der Waals surface area contributed by atoms with Gasteiger partial charge in [-0.1, -0.05) is 12.1 Å². The maximum Gasteiger partial charge on any atom is 0.419 e. The fraction of sp³-hybridized carbons (Fsp3) is 0.417. The minimum Gasteiger partial charge on any atom is -0.361 e. The van der Waals surface area contributed by atoms with Gasteiger partial charge < -0.3 is 15.1 Å². The second-order valence-corrected chi connectivity index (χ2v) is 9.35. The van der Waals surface area contributed by atoms with Crippen LogP contribution in [-0.2, 0) is 6.18 Å². The topological polar surface area (TPSA) is 44.3 Å². The molecule has 5 nitrogen and oxygen atoms in total. The predicted molar refractivity (Wildman–Crippen MR) is 120 cm³/mol. The van der Waals surface area contributed by atoms with Crippen molar-refractivity contribution in [2.24, 2.45) is 0 Å². The molecule has 0 saturated carbocycles. The Bertz CT molecular complexity index is 1270. The summed E-state index contributed by atoms with van der Waals surface area (Å²) >= 11 is 0. The summed E-state index contributed by atoms with van der Waals surface area (Å²) in [6.45, 7) is 5.71. The average Bonchev–Trinajstić information content (AvgIpc) is 2.72. The first-order valence-corrected chi connectivity index (χ1v) is 11.0. The SMILES string of the molecule is Cc1nnc(N[C@H](C)c2cccc(C(F)(F)F)c2F)c2cc(N3CCC34CN(C)C4)c(F)cc12. The second kappa shape index (κ2) is 7.76. The fourth-order valence-corrected chi connectivity index (χ4v) is 5.19. The van der Waals surface area contributed by atoms with E-state index in [0.717, 1.165) is 26.1 Å². The quantitative estimate of drug-likeness (QED) is 0.517. The van der Waals surface area contributed by atoms with Crippen molar-refractivity contribution < 1.29 is 22.0 Å². The number of fused-ring (bicyclic) bond motifs is 1. The number of hydrogen-bond acceptors (Lipinski definition) is 5. The van der Waals surface area contributed by atoms with E-state index < -0.39 is 23.6 Å². The van der Waals surface area contributed by atoms with Crippen LogP contribution in [0.2, 0.25) is 0 Å². The number of anilines is 2. The van der Waals surface area contributed by atoms with Gasteiger partial charge in [-0.3, -0.25) is 0 Å². The molecule has 1 N–H and O–H groups in total. The highest BCUT2D eigenvalue weighted by atomic mass is 19.4. The minimum absolute atomic E-state index is 0.0686. The maximum atomic E-state index is 15.2.